The molecule has 0 saturated carbocycles. The van der Waals surface area contributed by atoms with Crippen molar-refractivity contribution in [2.45, 2.75) is 52.4 Å². The fraction of sp³-hybridized carbons (Fsp3) is 0.500. The molecular weight excluding hydrogens is 230 g/mol. The van der Waals surface area contributed by atoms with Crippen molar-refractivity contribution >= 4 is 0 Å². The van der Waals surface area contributed by atoms with Gasteiger partial charge in [0.25, 0.3) is 6.43 Å². The van der Waals surface area contributed by atoms with Crippen molar-refractivity contribution in [3.05, 3.63) is 47.0 Å². The molecule has 0 heterocycles. The van der Waals surface area contributed by atoms with Gasteiger partial charge < -0.3 is 0 Å². The van der Waals surface area contributed by atoms with Gasteiger partial charge in [0.15, 0.2) is 0 Å². The van der Waals surface area contributed by atoms with E-state index in [9.17, 15) is 8.78 Å². The lowest BCUT2D eigenvalue weighted by Gasteiger charge is -2.20. The highest BCUT2D eigenvalue weighted by Gasteiger charge is 2.18. The summed E-state index contributed by atoms with van der Waals surface area (Å²) in [5.74, 6) is 0.493. The zero-order chi connectivity index (χ0) is 13.9. The van der Waals surface area contributed by atoms with Gasteiger partial charge in [0.1, 0.15) is 0 Å². The van der Waals surface area contributed by atoms with Crippen LogP contribution in [0.4, 0.5) is 8.78 Å². The summed E-state index contributed by atoms with van der Waals surface area (Å²) in [6.45, 7) is 11.9. The highest BCUT2D eigenvalue weighted by molar-refractivity contribution is 5.44. The van der Waals surface area contributed by atoms with Crippen molar-refractivity contribution in [1.29, 1.82) is 0 Å². The van der Waals surface area contributed by atoms with Gasteiger partial charge >= 0.3 is 0 Å². The van der Waals surface area contributed by atoms with Crippen LogP contribution >= 0.6 is 0 Å². The molecule has 0 aromatic heterocycles. The zero-order valence-corrected chi connectivity index (χ0v) is 11.6. The molecule has 1 aromatic carbocycles. The van der Waals surface area contributed by atoms with E-state index in [1.54, 1.807) is 12.1 Å². The Labute approximate surface area is 109 Å². The van der Waals surface area contributed by atoms with Crippen LogP contribution in [-0.2, 0) is 6.42 Å². The average molecular weight is 252 g/mol. The Morgan fingerprint density at radius 2 is 1.50 bits per heavy atom. The van der Waals surface area contributed by atoms with Crippen LogP contribution in [-0.4, -0.2) is 0 Å². The lowest BCUT2D eigenvalue weighted by molar-refractivity contribution is 0.151. The van der Waals surface area contributed by atoms with E-state index in [1.165, 1.54) is 5.56 Å². The molecule has 0 amide bonds. The Hall–Kier alpha value is -1.18. The Bertz CT molecular complexity index is 388. The van der Waals surface area contributed by atoms with Gasteiger partial charge in [0, 0.05) is 5.56 Å². The quantitative estimate of drug-likeness (QED) is 0.598. The largest absolute Gasteiger partial charge is 0.263 e. The van der Waals surface area contributed by atoms with E-state index < -0.39 is 6.43 Å². The van der Waals surface area contributed by atoms with Crippen molar-refractivity contribution in [1.82, 2.24) is 0 Å². The topological polar surface area (TPSA) is 0 Å². The molecule has 0 atom stereocenters. The minimum Gasteiger partial charge on any atom is -0.205 e. The number of alkyl halides is 2. The number of benzene rings is 1. The van der Waals surface area contributed by atoms with Crippen LogP contribution in [0.5, 0.6) is 0 Å². The summed E-state index contributed by atoms with van der Waals surface area (Å²) in [4.78, 5) is 0. The van der Waals surface area contributed by atoms with Gasteiger partial charge in [-0.15, -0.1) is 6.58 Å². The van der Waals surface area contributed by atoms with Crippen molar-refractivity contribution in [2.24, 2.45) is 0 Å². The third-order valence-electron chi connectivity index (χ3n) is 3.19. The third-order valence-corrected chi connectivity index (χ3v) is 3.19. The molecule has 0 fully saturated rings. The molecular formula is C16H22F2. The predicted molar refractivity (Wildman–Crippen MR) is 73.5 cm³/mol. The molecule has 0 bridgehead atoms. The second-order valence-electron chi connectivity index (χ2n) is 5.28. The lowest BCUT2D eigenvalue weighted by atomic mass is 9.85. The molecule has 1 rings (SSSR count). The van der Waals surface area contributed by atoms with Gasteiger partial charge in [0.2, 0.25) is 0 Å². The predicted octanol–water partition coefficient (Wildman–Crippen LogP) is 5.60. The van der Waals surface area contributed by atoms with E-state index in [-0.39, 0.29) is 17.4 Å². The molecule has 0 N–H and O–H groups in total. The van der Waals surface area contributed by atoms with Crippen molar-refractivity contribution < 1.29 is 8.78 Å². The smallest absolute Gasteiger partial charge is 0.205 e. The summed E-state index contributed by atoms with van der Waals surface area (Å²) in [5.41, 5.74) is 3.35. The average Bonchev–Trinajstić information content (AvgIpc) is 2.28. The van der Waals surface area contributed by atoms with E-state index in [2.05, 4.69) is 6.58 Å². The van der Waals surface area contributed by atoms with Crippen LogP contribution in [0.15, 0.2) is 24.8 Å². The second-order valence-corrected chi connectivity index (χ2v) is 5.28. The number of hydrogen-bond acceptors (Lipinski definition) is 0. The minimum absolute atomic E-state index is 0.134. The van der Waals surface area contributed by atoms with Crippen LogP contribution in [0.3, 0.4) is 0 Å². The SMILES string of the molecule is C=CCc1c(C(C)C)cc(C(F)F)cc1C(C)C. The highest BCUT2D eigenvalue weighted by Crippen LogP contribution is 2.33. The summed E-state index contributed by atoms with van der Waals surface area (Å²) in [7, 11) is 0. The fourth-order valence-electron chi connectivity index (χ4n) is 2.28. The Morgan fingerprint density at radius 1 is 1.06 bits per heavy atom. The maximum atomic E-state index is 13.0. The fourth-order valence-corrected chi connectivity index (χ4v) is 2.28. The van der Waals surface area contributed by atoms with E-state index in [0.29, 0.717) is 0 Å². The van der Waals surface area contributed by atoms with Crippen LogP contribution in [0.2, 0.25) is 0 Å². The second kappa shape index (κ2) is 6.12. The van der Waals surface area contributed by atoms with Crippen molar-refractivity contribution in [2.75, 3.05) is 0 Å². The maximum absolute atomic E-state index is 13.0. The van der Waals surface area contributed by atoms with E-state index in [0.717, 1.165) is 17.5 Å². The molecule has 0 aliphatic carbocycles. The zero-order valence-electron chi connectivity index (χ0n) is 11.6. The number of rotatable bonds is 5. The molecule has 0 nitrogen and oxygen atoms in total. The molecule has 0 unspecified atom stereocenters. The monoisotopic (exact) mass is 252 g/mol. The summed E-state index contributed by atoms with van der Waals surface area (Å²) >= 11 is 0. The van der Waals surface area contributed by atoms with Gasteiger partial charge in [-0.2, -0.15) is 0 Å². The number of allylic oxidation sites excluding steroid dienone is 1. The Kier molecular flexibility index (Phi) is 5.06. The standard InChI is InChI=1S/C16H22F2/c1-6-7-13-14(10(2)3)8-12(16(17)18)9-15(13)11(4)5/h6,8-11,16H,1,7H2,2-5H3. The van der Waals surface area contributed by atoms with Gasteiger partial charge in [-0.3, -0.25) is 0 Å². The van der Waals surface area contributed by atoms with E-state index >= 15 is 0 Å². The third kappa shape index (κ3) is 3.18. The lowest BCUT2D eigenvalue weighted by Crippen LogP contribution is -2.05. The van der Waals surface area contributed by atoms with Crippen molar-refractivity contribution in [3.8, 4) is 0 Å². The summed E-state index contributed by atoms with van der Waals surface area (Å²) in [5, 5.41) is 0. The van der Waals surface area contributed by atoms with E-state index in [4.69, 9.17) is 0 Å². The number of halogens is 2. The van der Waals surface area contributed by atoms with Gasteiger partial charge in [-0.25, -0.2) is 8.78 Å². The van der Waals surface area contributed by atoms with Gasteiger partial charge in [0.05, 0.1) is 0 Å². The maximum Gasteiger partial charge on any atom is 0.263 e. The minimum atomic E-state index is -2.40. The van der Waals surface area contributed by atoms with Gasteiger partial charge in [-0.1, -0.05) is 33.8 Å². The van der Waals surface area contributed by atoms with Crippen LogP contribution in [0.25, 0.3) is 0 Å². The normalized spacial score (nSPS) is 11.6. The van der Waals surface area contributed by atoms with Gasteiger partial charge in [-0.05, 0) is 47.1 Å². The van der Waals surface area contributed by atoms with Crippen LogP contribution in [0, 0.1) is 0 Å². The molecule has 100 valence electrons. The first-order chi connectivity index (χ1) is 8.38. The van der Waals surface area contributed by atoms with E-state index in [1.807, 2.05) is 33.8 Å². The molecule has 0 spiro atoms. The Morgan fingerprint density at radius 3 is 1.78 bits per heavy atom. The molecule has 0 aliphatic heterocycles. The molecule has 2 heteroatoms. The molecule has 0 aliphatic rings. The molecule has 1 aromatic rings. The number of hydrogen-bond donors (Lipinski definition) is 0. The summed E-state index contributed by atoms with van der Waals surface area (Å²) in [6, 6.07) is 3.31. The van der Waals surface area contributed by atoms with Crippen LogP contribution < -0.4 is 0 Å². The molecule has 0 saturated heterocycles. The molecule has 18 heavy (non-hydrogen) atoms. The first-order valence-corrected chi connectivity index (χ1v) is 6.44. The van der Waals surface area contributed by atoms with Crippen LogP contribution in [0.1, 0.15) is 68.2 Å². The summed E-state index contributed by atoms with van der Waals surface area (Å²) in [6.07, 6.45) is 0.178. The highest BCUT2D eigenvalue weighted by atomic mass is 19.3. The molecule has 0 radical (unpaired) electrons. The summed E-state index contributed by atoms with van der Waals surface area (Å²) < 4.78 is 25.9. The first kappa shape index (κ1) is 14.9. The Balaban J connectivity index is 3.49. The first-order valence-electron chi connectivity index (χ1n) is 6.44. The van der Waals surface area contributed by atoms with Crippen molar-refractivity contribution in [3.63, 3.8) is 0 Å².